The van der Waals surface area contributed by atoms with Crippen LogP contribution in [0.1, 0.15) is 32.1 Å². The van der Waals surface area contributed by atoms with Crippen LogP contribution in [0.3, 0.4) is 0 Å². The molecule has 2 aliphatic rings. The van der Waals surface area contributed by atoms with E-state index in [1.807, 2.05) is 0 Å². The topological polar surface area (TPSA) is 12.0 Å². The van der Waals surface area contributed by atoms with Gasteiger partial charge in [-0.05, 0) is 25.8 Å². The van der Waals surface area contributed by atoms with E-state index in [1.165, 1.54) is 0 Å². The van der Waals surface area contributed by atoms with Crippen molar-refractivity contribution < 1.29 is 64.3 Å². The summed E-state index contributed by atoms with van der Waals surface area (Å²) in [4.78, 5) is 0. The molecule has 0 radical (unpaired) electrons. The van der Waals surface area contributed by atoms with Crippen LogP contribution in [-0.4, -0.2) is 19.1 Å². The molecule has 0 aromatic carbocycles. The first kappa shape index (κ1) is 14.5. The van der Waals surface area contributed by atoms with Crippen molar-refractivity contribution in [3.8, 4) is 0 Å². The van der Waals surface area contributed by atoms with Gasteiger partial charge in [0.05, 0.1) is 0 Å². The van der Waals surface area contributed by atoms with Gasteiger partial charge in [-0.2, -0.15) is 0 Å². The first-order chi connectivity index (χ1) is 6.49. The molecule has 1 spiro atoms. The summed E-state index contributed by atoms with van der Waals surface area (Å²) < 4.78 is 36.5. The third-order valence-electron chi connectivity index (χ3n) is 3.77. The van der Waals surface area contributed by atoms with Crippen molar-refractivity contribution in [2.45, 2.75) is 44.0 Å². The normalized spacial score (nSPS) is 35.8. The fourth-order valence-corrected chi connectivity index (χ4v) is 2.75. The molecule has 0 atom stereocenters. The van der Waals surface area contributed by atoms with Crippen molar-refractivity contribution in [2.75, 3.05) is 6.54 Å². The molecule has 0 bridgehead atoms. The van der Waals surface area contributed by atoms with Gasteiger partial charge in [0.1, 0.15) is 0 Å². The Morgan fingerprint density at radius 2 is 1.67 bits per heavy atom. The molecule has 1 saturated heterocycles. The summed E-state index contributed by atoms with van der Waals surface area (Å²) in [5.41, 5.74) is 0.245. The molecule has 1 N–H and O–H groups in total. The van der Waals surface area contributed by atoms with Crippen LogP contribution in [0.15, 0.2) is 0 Å². The summed E-state index contributed by atoms with van der Waals surface area (Å²) in [5.74, 6) is -0.0944. The average Bonchev–Trinajstić information content (AvgIpc) is 2.00. The van der Waals surface area contributed by atoms with E-state index in [-0.39, 0.29) is 62.8 Å². The maximum Gasteiger partial charge on any atom is 1.00 e. The van der Waals surface area contributed by atoms with Gasteiger partial charge in [-0.3, -0.25) is 0 Å². The first-order valence-corrected chi connectivity index (χ1v) is 5.45. The van der Waals surface area contributed by atoms with Crippen LogP contribution in [0.2, 0.25) is 6.32 Å². The Morgan fingerprint density at radius 1 is 1.13 bits per heavy atom. The van der Waals surface area contributed by atoms with E-state index in [2.05, 4.69) is 5.32 Å². The number of rotatable bonds is 2. The Hall–Kier alpha value is 1.45. The summed E-state index contributed by atoms with van der Waals surface area (Å²) in [5, 5.41) is 3.37. The molecular weight excluding hydrogens is 229 g/mol. The summed E-state index contributed by atoms with van der Waals surface area (Å²) in [6, 6.07) is 0. The van der Waals surface area contributed by atoms with Gasteiger partial charge < -0.3 is 18.3 Å². The predicted octanol–water partition coefficient (Wildman–Crippen LogP) is -0.240. The smallest absolute Gasteiger partial charge is 0.449 e. The van der Waals surface area contributed by atoms with Gasteiger partial charge in [0, 0.05) is 5.54 Å². The molecule has 1 nitrogen and oxygen atoms in total. The number of halogens is 3. The Bertz CT molecular complexity index is 208. The molecule has 0 aromatic rings. The second kappa shape index (κ2) is 5.40. The summed E-state index contributed by atoms with van der Waals surface area (Å²) >= 11 is 0. The second-order valence-electron chi connectivity index (χ2n) is 4.85. The van der Waals surface area contributed by atoms with Crippen LogP contribution in [0.5, 0.6) is 0 Å². The number of nitrogens with one attached hydrogen (secondary N) is 1. The molecule has 2 rings (SSSR count). The van der Waals surface area contributed by atoms with Gasteiger partial charge in [-0.15, -0.1) is 0 Å². The van der Waals surface area contributed by atoms with Crippen LogP contribution in [0, 0.1) is 5.92 Å². The zero-order valence-electron chi connectivity index (χ0n) is 9.24. The minimum atomic E-state index is -4.57. The van der Waals surface area contributed by atoms with E-state index in [9.17, 15) is 12.9 Å². The predicted molar refractivity (Wildman–Crippen MR) is 51.2 cm³/mol. The van der Waals surface area contributed by atoms with Gasteiger partial charge in [0.25, 0.3) is 0 Å². The average molecular weight is 245 g/mol. The zero-order valence-corrected chi connectivity index (χ0v) is 12.4. The fraction of sp³-hybridized carbons (Fsp3) is 1.00. The molecule has 1 aliphatic heterocycles. The summed E-state index contributed by atoms with van der Waals surface area (Å²) in [6.07, 6.45) is 4.06. The van der Waals surface area contributed by atoms with E-state index in [4.69, 9.17) is 0 Å². The molecule has 2 fully saturated rings. The molecule has 0 amide bonds. The van der Waals surface area contributed by atoms with E-state index in [0.29, 0.717) is 0 Å². The van der Waals surface area contributed by atoms with E-state index in [0.717, 1.165) is 38.6 Å². The van der Waals surface area contributed by atoms with Crippen LogP contribution < -0.4 is 56.7 Å². The standard InChI is InChI=1S/C9H16BF3N.K/c11-10(12,13)7-8-1-3-9(4-2-8)5-6-14-9;/h8,14H,1-7H2;/q-1;+1. The Labute approximate surface area is 131 Å². The molecular formula is C9H16BF3KN. The Morgan fingerprint density at radius 3 is 2.00 bits per heavy atom. The van der Waals surface area contributed by atoms with Crippen LogP contribution >= 0.6 is 0 Å². The van der Waals surface area contributed by atoms with Crippen LogP contribution in [0.4, 0.5) is 12.9 Å². The van der Waals surface area contributed by atoms with Crippen LogP contribution in [0.25, 0.3) is 0 Å². The van der Waals surface area contributed by atoms with Gasteiger partial charge in [0.2, 0.25) is 0 Å². The van der Waals surface area contributed by atoms with Crippen molar-refractivity contribution in [3.63, 3.8) is 0 Å². The molecule has 1 aliphatic carbocycles. The van der Waals surface area contributed by atoms with Gasteiger partial charge in [0.15, 0.2) is 0 Å². The Kier molecular flexibility index (Phi) is 5.22. The number of hydrogen-bond donors (Lipinski definition) is 1. The van der Waals surface area contributed by atoms with Crippen molar-refractivity contribution in [2.24, 2.45) is 5.92 Å². The molecule has 15 heavy (non-hydrogen) atoms. The van der Waals surface area contributed by atoms with Crippen molar-refractivity contribution in [1.82, 2.24) is 5.32 Å². The van der Waals surface area contributed by atoms with Gasteiger partial charge in [-0.1, -0.05) is 25.1 Å². The third kappa shape index (κ3) is 4.00. The molecule has 0 unspecified atom stereocenters. The molecule has 0 aromatic heterocycles. The van der Waals surface area contributed by atoms with E-state index in [1.54, 1.807) is 0 Å². The minimum Gasteiger partial charge on any atom is -0.449 e. The second-order valence-corrected chi connectivity index (χ2v) is 4.85. The minimum absolute atomic E-state index is 0. The van der Waals surface area contributed by atoms with Crippen LogP contribution in [-0.2, 0) is 0 Å². The van der Waals surface area contributed by atoms with Gasteiger partial charge >= 0.3 is 58.4 Å². The first-order valence-electron chi connectivity index (χ1n) is 5.45. The zero-order chi connectivity index (χ0) is 10.2. The maximum atomic E-state index is 12.2. The summed E-state index contributed by atoms with van der Waals surface area (Å²) in [6.45, 7) is -3.52. The quantitative estimate of drug-likeness (QED) is 0.662. The monoisotopic (exact) mass is 245 g/mol. The fourth-order valence-electron chi connectivity index (χ4n) is 2.75. The van der Waals surface area contributed by atoms with Crippen molar-refractivity contribution in [3.05, 3.63) is 0 Å². The van der Waals surface area contributed by atoms with Crippen molar-refractivity contribution in [1.29, 1.82) is 0 Å². The third-order valence-corrected chi connectivity index (χ3v) is 3.77. The SMILES string of the molecule is F[B-](F)(F)CC1CCC2(CCN2)CC1.[K+]. The molecule has 6 heteroatoms. The molecule has 1 saturated carbocycles. The molecule has 1 heterocycles. The summed E-state index contributed by atoms with van der Waals surface area (Å²) in [7, 11) is 0. The maximum absolute atomic E-state index is 12.2. The number of hydrogen-bond acceptors (Lipinski definition) is 1. The van der Waals surface area contributed by atoms with E-state index >= 15 is 0 Å². The Balaban J connectivity index is 0.00000112. The van der Waals surface area contributed by atoms with Crippen molar-refractivity contribution >= 4 is 6.98 Å². The molecule has 82 valence electrons. The largest absolute Gasteiger partial charge is 1.00 e. The van der Waals surface area contributed by atoms with E-state index < -0.39 is 13.3 Å². The van der Waals surface area contributed by atoms with Gasteiger partial charge in [-0.25, -0.2) is 0 Å².